The molecule has 0 aliphatic carbocycles. The van der Waals surface area contributed by atoms with Gasteiger partial charge < -0.3 is 15.4 Å². The number of methoxy groups -OCH3 is 1. The summed E-state index contributed by atoms with van der Waals surface area (Å²) in [6.07, 6.45) is 2.49. The molecule has 1 heterocycles. The third-order valence-corrected chi connectivity index (χ3v) is 5.01. The van der Waals surface area contributed by atoms with Gasteiger partial charge in [-0.15, -0.1) is 0 Å². The lowest BCUT2D eigenvalue weighted by atomic mass is 9.79. The topological polar surface area (TPSA) is 50.4 Å². The predicted molar refractivity (Wildman–Crippen MR) is 97.1 cm³/mol. The van der Waals surface area contributed by atoms with E-state index in [1.54, 1.807) is 7.11 Å². The van der Waals surface area contributed by atoms with Gasteiger partial charge in [-0.05, 0) is 42.3 Å². The molecule has 0 bridgehead atoms. The minimum absolute atomic E-state index is 0.0639. The number of carbonyl (C=O) groups excluding carboxylic acids is 1. The zero-order chi connectivity index (χ0) is 16.8. The van der Waals surface area contributed by atoms with Crippen molar-refractivity contribution in [2.75, 3.05) is 33.4 Å². The number of carbonyl (C=O) groups is 1. The van der Waals surface area contributed by atoms with Crippen LogP contribution < -0.4 is 10.6 Å². The molecule has 0 saturated carbocycles. The molecular formula is C20H26N2O2. The van der Waals surface area contributed by atoms with Crippen molar-refractivity contribution in [3.05, 3.63) is 48.0 Å². The van der Waals surface area contributed by atoms with Gasteiger partial charge in [-0.3, -0.25) is 4.79 Å². The SMILES string of the molecule is COCC1(CNC(=O)Cc2cccc3ccccc23)CCNCC1. The van der Waals surface area contributed by atoms with Gasteiger partial charge in [0.05, 0.1) is 13.0 Å². The smallest absolute Gasteiger partial charge is 0.224 e. The van der Waals surface area contributed by atoms with Gasteiger partial charge in [0, 0.05) is 19.1 Å². The predicted octanol–water partition coefficient (Wildman–Crippen LogP) is 2.51. The molecule has 24 heavy (non-hydrogen) atoms. The van der Waals surface area contributed by atoms with E-state index in [1.807, 2.05) is 24.3 Å². The van der Waals surface area contributed by atoms with Crippen LogP contribution in [-0.2, 0) is 16.0 Å². The Balaban J connectivity index is 1.64. The molecule has 128 valence electrons. The lowest BCUT2D eigenvalue weighted by molar-refractivity contribution is -0.121. The van der Waals surface area contributed by atoms with Crippen molar-refractivity contribution in [1.29, 1.82) is 0 Å². The van der Waals surface area contributed by atoms with E-state index in [4.69, 9.17) is 4.74 Å². The van der Waals surface area contributed by atoms with E-state index in [9.17, 15) is 4.79 Å². The van der Waals surface area contributed by atoms with Crippen molar-refractivity contribution in [3.63, 3.8) is 0 Å². The van der Waals surface area contributed by atoms with Crippen molar-refractivity contribution in [3.8, 4) is 0 Å². The Morgan fingerprint density at radius 1 is 1.17 bits per heavy atom. The van der Waals surface area contributed by atoms with E-state index >= 15 is 0 Å². The van der Waals surface area contributed by atoms with E-state index in [0.29, 0.717) is 19.6 Å². The molecule has 1 aliphatic rings. The van der Waals surface area contributed by atoms with Crippen LogP contribution in [0.2, 0.25) is 0 Å². The van der Waals surface area contributed by atoms with Crippen LogP contribution in [-0.4, -0.2) is 39.3 Å². The lowest BCUT2D eigenvalue weighted by Crippen LogP contribution is -2.47. The molecule has 2 N–H and O–H groups in total. The van der Waals surface area contributed by atoms with Gasteiger partial charge >= 0.3 is 0 Å². The lowest BCUT2D eigenvalue weighted by Gasteiger charge is -2.37. The van der Waals surface area contributed by atoms with Crippen LogP contribution in [0.1, 0.15) is 18.4 Å². The minimum atomic E-state index is 0.0639. The quantitative estimate of drug-likeness (QED) is 0.857. The number of nitrogens with one attached hydrogen (secondary N) is 2. The fourth-order valence-corrected chi connectivity index (χ4v) is 3.60. The van der Waals surface area contributed by atoms with Crippen molar-refractivity contribution >= 4 is 16.7 Å². The first-order chi connectivity index (χ1) is 11.7. The third kappa shape index (κ3) is 3.94. The molecule has 4 nitrogen and oxygen atoms in total. The second kappa shape index (κ2) is 7.77. The summed E-state index contributed by atoms with van der Waals surface area (Å²) in [6, 6.07) is 14.3. The Morgan fingerprint density at radius 3 is 2.71 bits per heavy atom. The second-order valence-electron chi connectivity index (χ2n) is 6.77. The maximum Gasteiger partial charge on any atom is 0.224 e. The summed E-state index contributed by atoms with van der Waals surface area (Å²) in [4.78, 5) is 12.5. The number of piperidine rings is 1. The summed E-state index contributed by atoms with van der Waals surface area (Å²) >= 11 is 0. The van der Waals surface area contributed by atoms with E-state index in [2.05, 4.69) is 28.8 Å². The zero-order valence-corrected chi connectivity index (χ0v) is 14.3. The van der Waals surface area contributed by atoms with Crippen LogP contribution in [0.3, 0.4) is 0 Å². The monoisotopic (exact) mass is 326 g/mol. The van der Waals surface area contributed by atoms with Crippen molar-refractivity contribution in [2.24, 2.45) is 5.41 Å². The standard InChI is InChI=1S/C20H26N2O2/c1-24-15-20(9-11-21-12-10-20)14-22-19(23)13-17-7-4-6-16-5-2-3-8-18(16)17/h2-8,21H,9-15H2,1H3,(H,22,23). The third-order valence-electron chi connectivity index (χ3n) is 5.01. The maximum absolute atomic E-state index is 12.5. The number of amides is 1. The molecule has 0 spiro atoms. The average molecular weight is 326 g/mol. The second-order valence-corrected chi connectivity index (χ2v) is 6.77. The van der Waals surface area contributed by atoms with Gasteiger partial charge in [0.15, 0.2) is 0 Å². The summed E-state index contributed by atoms with van der Waals surface area (Å²) < 4.78 is 5.41. The van der Waals surface area contributed by atoms with Crippen molar-refractivity contribution in [2.45, 2.75) is 19.3 Å². The van der Waals surface area contributed by atoms with Gasteiger partial charge in [-0.25, -0.2) is 0 Å². The normalized spacial score (nSPS) is 16.9. The summed E-state index contributed by atoms with van der Waals surface area (Å²) in [5.41, 5.74) is 1.14. The number of hydrogen-bond donors (Lipinski definition) is 2. The largest absolute Gasteiger partial charge is 0.384 e. The molecule has 2 aromatic carbocycles. The molecule has 0 unspecified atom stereocenters. The molecule has 0 radical (unpaired) electrons. The molecule has 0 atom stereocenters. The fourth-order valence-electron chi connectivity index (χ4n) is 3.60. The van der Waals surface area contributed by atoms with Crippen LogP contribution in [0.4, 0.5) is 0 Å². The molecule has 3 rings (SSSR count). The summed E-state index contributed by atoms with van der Waals surface area (Å²) in [6.45, 7) is 3.36. The van der Waals surface area contributed by atoms with Gasteiger partial charge in [0.2, 0.25) is 5.91 Å². The highest BCUT2D eigenvalue weighted by Crippen LogP contribution is 2.28. The minimum Gasteiger partial charge on any atom is -0.384 e. The van der Waals surface area contributed by atoms with E-state index in [1.165, 1.54) is 5.39 Å². The number of benzene rings is 2. The molecule has 4 heteroatoms. The van der Waals surface area contributed by atoms with Crippen LogP contribution in [0, 0.1) is 5.41 Å². The van der Waals surface area contributed by atoms with E-state index in [-0.39, 0.29) is 11.3 Å². The Bertz CT molecular complexity index is 682. The summed E-state index contributed by atoms with van der Waals surface area (Å²) in [5.74, 6) is 0.0837. The highest BCUT2D eigenvalue weighted by atomic mass is 16.5. The fraction of sp³-hybridized carbons (Fsp3) is 0.450. The van der Waals surface area contributed by atoms with Gasteiger partial charge in [-0.1, -0.05) is 42.5 Å². The van der Waals surface area contributed by atoms with Crippen molar-refractivity contribution < 1.29 is 9.53 Å². The molecule has 1 amide bonds. The number of ether oxygens (including phenoxy) is 1. The summed E-state index contributed by atoms with van der Waals surface area (Å²) in [5, 5.41) is 8.86. The van der Waals surface area contributed by atoms with Gasteiger partial charge in [0.25, 0.3) is 0 Å². The first-order valence-electron chi connectivity index (χ1n) is 8.65. The Kier molecular flexibility index (Phi) is 5.48. The highest BCUT2D eigenvalue weighted by Gasteiger charge is 2.32. The zero-order valence-electron chi connectivity index (χ0n) is 14.3. The van der Waals surface area contributed by atoms with Crippen LogP contribution in [0.25, 0.3) is 10.8 Å². The van der Waals surface area contributed by atoms with E-state index in [0.717, 1.165) is 36.9 Å². The molecular weight excluding hydrogens is 300 g/mol. The molecule has 1 aliphatic heterocycles. The summed E-state index contributed by atoms with van der Waals surface area (Å²) in [7, 11) is 1.74. The molecule has 1 fully saturated rings. The number of fused-ring (bicyclic) bond motifs is 1. The maximum atomic E-state index is 12.5. The molecule has 2 aromatic rings. The van der Waals surface area contributed by atoms with E-state index < -0.39 is 0 Å². The Morgan fingerprint density at radius 2 is 1.92 bits per heavy atom. The first-order valence-corrected chi connectivity index (χ1v) is 8.65. The average Bonchev–Trinajstić information content (AvgIpc) is 2.62. The van der Waals surface area contributed by atoms with Crippen LogP contribution in [0.5, 0.6) is 0 Å². The first kappa shape index (κ1) is 16.9. The number of rotatable bonds is 6. The van der Waals surface area contributed by atoms with Crippen molar-refractivity contribution in [1.82, 2.24) is 10.6 Å². The number of hydrogen-bond acceptors (Lipinski definition) is 3. The Hall–Kier alpha value is -1.91. The Labute approximate surface area is 143 Å². The van der Waals surface area contributed by atoms with Crippen LogP contribution >= 0.6 is 0 Å². The van der Waals surface area contributed by atoms with Crippen LogP contribution in [0.15, 0.2) is 42.5 Å². The molecule has 1 saturated heterocycles. The van der Waals surface area contributed by atoms with Gasteiger partial charge in [-0.2, -0.15) is 0 Å². The molecule has 0 aromatic heterocycles. The highest BCUT2D eigenvalue weighted by molar-refractivity contribution is 5.90. The van der Waals surface area contributed by atoms with Gasteiger partial charge in [0.1, 0.15) is 0 Å².